The molecule has 1 saturated heterocycles. The van der Waals surface area contributed by atoms with Gasteiger partial charge in [-0.15, -0.1) is 0 Å². The molecule has 1 aromatic carbocycles. The molecule has 1 heterocycles. The highest BCUT2D eigenvalue weighted by Gasteiger charge is 2.29. The van der Waals surface area contributed by atoms with Gasteiger partial charge in [-0.3, -0.25) is 9.69 Å². The zero-order valence-electron chi connectivity index (χ0n) is 13.2. The molecule has 0 radical (unpaired) electrons. The summed E-state index contributed by atoms with van der Waals surface area (Å²) in [7, 11) is 0. The molecule has 116 valence electrons. The first kappa shape index (κ1) is 16.0. The van der Waals surface area contributed by atoms with E-state index in [0.717, 1.165) is 37.2 Å². The lowest BCUT2D eigenvalue weighted by molar-refractivity contribution is -0.121. The van der Waals surface area contributed by atoms with Crippen LogP contribution in [-0.2, 0) is 4.79 Å². The molecule has 2 rings (SSSR count). The van der Waals surface area contributed by atoms with Crippen molar-refractivity contribution in [2.45, 2.75) is 45.8 Å². The van der Waals surface area contributed by atoms with Crippen molar-refractivity contribution in [2.75, 3.05) is 18.4 Å². The monoisotopic (exact) mass is 290 g/mol. The second-order valence-electron chi connectivity index (χ2n) is 6.17. The van der Waals surface area contributed by atoms with Crippen LogP contribution < -0.4 is 5.32 Å². The zero-order chi connectivity index (χ0) is 15.4. The van der Waals surface area contributed by atoms with E-state index in [1.54, 1.807) is 0 Å². The van der Waals surface area contributed by atoms with Crippen LogP contribution in [0.5, 0.6) is 0 Å². The summed E-state index contributed by atoms with van der Waals surface area (Å²) in [5, 5.41) is 12.7. The van der Waals surface area contributed by atoms with Gasteiger partial charge >= 0.3 is 0 Å². The average molecular weight is 290 g/mol. The predicted octanol–water partition coefficient (Wildman–Crippen LogP) is 2.41. The molecule has 0 spiro atoms. The Morgan fingerprint density at radius 3 is 2.86 bits per heavy atom. The first-order chi connectivity index (χ1) is 9.97. The third kappa shape index (κ3) is 4.29. The Morgan fingerprint density at radius 2 is 2.19 bits per heavy atom. The third-order valence-electron chi connectivity index (χ3n) is 4.38. The van der Waals surface area contributed by atoms with Gasteiger partial charge in [-0.05, 0) is 63.8 Å². The number of rotatable bonds is 4. The Balaban J connectivity index is 1.95. The first-order valence-electron chi connectivity index (χ1n) is 7.77. The molecule has 3 unspecified atom stereocenters. The fourth-order valence-corrected chi connectivity index (χ4v) is 2.92. The minimum atomic E-state index is -0.306. The highest BCUT2D eigenvalue weighted by atomic mass is 16.3. The molecule has 0 aromatic heterocycles. The van der Waals surface area contributed by atoms with Crippen molar-refractivity contribution in [3.05, 3.63) is 29.8 Å². The van der Waals surface area contributed by atoms with Crippen LogP contribution >= 0.6 is 0 Å². The number of anilines is 1. The standard InChI is InChI=1S/C17H26N2O2/c1-12-6-4-8-16(10-12)18-17(21)13(2)19-9-5-7-15(11-19)14(3)20/h4,6,8,10,13-15,20H,5,7,9,11H2,1-3H3,(H,18,21). The highest BCUT2D eigenvalue weighted by molar-refractivity contribution is 5.94. The van der Waals surface area contributed by atoms with Gasteiger partial charge in [0.25, 0.3) is 0 Å². The minimum absolute atomic E-state index is 0.0202. The fraction of sp³-hybridized carbons (Fsp3) is 0.588. The van der Waals surface area contributed by atoms with Gasteiger partial charge in [0.2, 0.25) is 5.91 Å². The van der Waals surface area contributed by atoms with E-state index in [4.69, 9.17) is 0 Å². The topological polar surface area (TPSA) is 52.6 Å². The molecule has 3 atom stereocenters. The van der Waals surface area contributed by atoms with Crippen molar-refractivity contribution in [2.24, 2.45) is 5.92 Å². The van der Waals surface area contributed by atoms with Gasteiger partial charge in [-0.25, -0.2) is 0 Å². The van der Waals surface area contributed by atoms with E-state index in [1.807, 2.05) is 45.0 Å². The number of likely N-dealkylation sites (tertiary alicyclic amines) is 1. The van der Waals surface area contributed by atoms with Crippen molar-refractivity contribution in [3.63, 3.8) is 0 Å². The highest BCUT2D eigenvalue weighted by Crippen LogP contribution is 2.22. The molecule has 1 amide bonds. The SMILES string of the molecule is Cc1cccc(NC(=O)C(C)N2CCCC(C(C)O)C2)c1. The summed E-state index contributed by atoms with van der Waals surface area (Å²) < 4.78 is 0. The lowest BCUT2D eigenvalue weighted by Gasteiger charge is -2.37. The van der Waals surface area contributed by atoms with Crippen LogP contribution in [0.3, 0.4) is 0 Å². The maximum Gasteiger partial charge on any atom is 0.241 e. The van der Waals surface area contributed by atoms with E-state index < -0.39 is 0 Å². The van der Waals surface area contributed by atoms with Crippen LogP contribution in [0.4, 0.5) is 5.69 Å². The molecule has 0 aliphatic carbocycles. The van der Waals surface area contributed by atoms with Crippen molar-refractivity contribution >= 4 is 11.6 Å². The van der Waals surface area contributed by atoms with E-state index in [9.17, 15) is 9.90 Å². The Hall–Kier alpha value is -1.39. The van der Waals surface area contributed by atoms with E-state index in [0.29, 0.717) is 0 Å². The molecular weight excluding hydrogens is 264 g/mol. The average Bonchev–Trinajstić information content (AvgIpc) is 2.46. The summed E-state index contributed by atoms with van der Waals surface area (Å²) in [5.41, 5.74) is 1.98. The molecule has 21 heavy (non-hydrogen) atoms. The maximum atomic E-state index is 12.4. The Labute approximate surface area is 127 Å². The van der Waals surface area contributed by atoms with Gasteiger partial charge in [0.15, 0.2) is 0 Å². The van der Waals surface area contributed by atoms with Gasteiger partial charge in [0.1, 0.15) is 0 Å². The zero-order valence-corrected chi connectivity index (χ0v) is 13.2. The largest absolute Gasteiger partial charge is 0.393 e. The minimum Gasteiger partial charge on any atom is -0.393 e. The number of aliphatic hydroxyl groups is 1. The van der Waals surface area contributed by atoms with Gasteiger partial charge < -0.3 is 10.4 Å². The second kappa shape index (κ2) is 7.05. The molecule has 1 aromatic rings. The summed E-state index contributed by atoms with van der Waals surface area (Å²) in [6.07, 6.45) is 1.78. The molecule has 2 N–H and O–H groups in total. The maximum absolute atomic E-state index is 12.4. The van der Waals surface area contributed by atoms with Crippen LogP contribution in [0.2, 0.25) is 0 Å². The molecule has 4 nitrogen and oxygen atoms in total. The van der Waals surface area contributed by atoms with E-state index in [-0.39, 0.29) is 24.0 Å². The number of nitrogens with one attached hydrogen (secondary N) is 1. The molecular formula is C17H26N2O2. The number of carbonyl (C=O) groups is 1. The van der Waals surface area contributed by atoms with Gasteiger partial charge in [0, 0.05) is 12.2 Å². The quantitative estimate of drug-likeness (QED) is 0.895. The summed E-state index contributed by atoms with van der Waals surface area (Å²) in [4.78, 5) is 14.6. The summed E-state index contributed by atoms with van der Waals surface area (Å²) in [6.45, 7) is 7.50. The second-order valence-corrected chi connectivity index (χ2v) is 6.17. The fourth-order valence-electron chi connectivity index (χ4n) is 2.92. The van der Waals surface area contributed by atoms with Crippen LogP contribution in [0.15, 0.2) is 24.3 Å². The van der Waals surface area contributed by atoms with E-state index in [1.165, 1.54) is 0 Å². The number of nitrogens with zero attached hydrogens (tertiary/aromatic N) is 1. The Morgan fingerprint density at radius 1 is 1.43 bits per heavy atom. The van der Waals surface area contributed by atoms with Crippen LogP contribution in [0, 0.1) is 12.8 Å². The summed E-state index contributed by atoms with van der Waals surface area (Å²) in [5.74, 6) is 0.291. The normalized spacial score (nSPS) is 22.6. The molecule has 1 fully saturated rings. The van der Waals surface area contributed by atoms with Gasteiger partial charge in [-0.1, -0.05) is 12.1 Å². The third-order valence-corrected chi connectivity index (χ3v) is 4.38. The number of benzene rings is 1. The summed E-state index contributed by atoms with van der Waals surface area (Å²) >= 11 is 0. The number of hydrogen-bond acceptors (Lipinski definition) is 3. The molecule has 0 saturated carbocycles. The Kier molecular flexibility index (Phi) is 5.37. The summed E-state index contributed by atoms with van der Waals surface area (Å²) in [6, 6.07) is 7.66. The van der Waals surface area contributed by atoms with Gasteiger partial charge in [0.05, 0.1) is 12.1 Å². The lowest BCUT2D eigenvalue weighted by atomic mass is 9.92. The van der Waals surface area contributed by atoms with Crippen LogP contribution in [-0.4, -0.2) is 41.1 Å². The van der Waals surface area contributed by atoms with Crippen molar-refractivity contribution in [1.82, 2.24) is 4.90 Å². The number of aliphatic hydroxyl groups excluding tert-OH is 1. The number of aryl methyl sites for hydroxylation is 1. The number of carbonyl (C=O) groups excluding carboxylic acids is 1. The van der Waals surface area contributed by atoms with Crippen LogP contribution in [0.25, 0.3) is 0 Å². The lowest BCUT2D eigenvalue weighted by Crippen LogP contribution is -2.48. The predicted molar refractivity (Wildman–Crippen MR) is 85.2 cm³/mol. The van der Waals surface area contributed by atoms with Crippen molar-refractivity contribution in [1.29, 1.82) is 0 Å². The van der Waals surface area contributed by atoms with Gasteiger partial charge in [-0.2, -0.15) is 0 Å². The van der Waals surface area contributed by atoms with Crippen molar-refractivity contribution in [3.8, 4) is 0 Å². The number of hydrogen-bond donors (Lipinski definition) is 2. The first-order valence-corrected chi connectivity index (χ1v) is 7.77. The smallest absolute Gasteiger partial charge is 0.241 e. The van der Waals surface area contributed by atoms with Crippen molar-refractivity contribution < 1.29 is 9.90 Å². The van der Waals surface area contributed by atoms with E-state index >= 15 is 0 Å². The number of piperidine rings is 1. The Bertz CT molecular complexity index is 487. The molecule has 4 heteroatoms. The van der Waals surface area contributed by atoms with E-state index in [2.05, 4.69) is 10.2 Å². The molecule has 1 aliphatic heterocycles. The molecule has 1 aliphatic rings. The number of amides is 1. The molecule has 0 bridgehead atoms. The van der Waals surface area contributed by atoms with Crippen LogP contribution in [0.1, 0.15) is 32.3 Å².